The molecule has 29 heavy (non-hydrogen) atoms. The van der Waals surface area contributed by atoms with Gasteiger partial charge >= 0.3 is 0 Å². The first-order valence-electron chi connectivity index (χ1n) is 9.79. The number of piperazine rings is 1. The number of carbonyl (C=O) groups is 1. The molecule has 0 saturated carbocycles. The molecule has 0 unspecified atom stereocenters. The van der Waals surface area contributed by atoms with E-state index >= 15 is 0 Å². The van der Waals surface area contributed by atoms with Gasteiger partial charge in [0.2, 0.25) is 11.6 Å². The standard InChI is InChI=1S/C20H22N8O/c1-15-23-24-20-19(21-7-9-28(15)20)26-12-10-25(11-13-26)18(29)6-8-27-14-22-16-4-2-3-5-17(16)27/h2-5,7,9,14H,6,8,10-13H2,1H3. The van der Waals surface area contributed by atoms with Gasteiger partial charge in [-0.2, -0.15) is 0 Å². The number of aryl methyl sites for hydroxylation is 2. The number of carbonyl (C=O) groups excluding carboxylic acids is 1. The van der Waals surface area contributed by atoms with Gasteiger partial charge in [-0.1, -0.05) is 12.1 Å². The molecular formula is C20H22N8O. The fourth-order valence-electron chi connectivity index (χ4n) is 3.88. The van der Waals surface area contributed by atoms with Gasteiger partial charge in [0, 0.05) is 51.5 Å². The third kappa shape index (κ3) is 3.18. The van der Waals surface area contributed by atoms with E-state index in [0.29, 0.717) is 26.1 Å². The van der Waals surface area contributed by atoms with E-state index in [4.69, 9.17) is 0 Å². The number of amides is 1. The Morgan fingerprint density at radius 1 is 1.07 bits per heavy atom. The minimum Gasteiger partial charge on any atom is -0.350 e. The normalized spacial score (nSPS) is 14.8. The molecule has 4 aromatic rings. The number of hydrogen-bond acceptors (Lipinski definition) is 6. The number of para-hydroxylation sites is 2. The molecule has 0 atom stereocenters. The third-order valence-corrected chi connectivity index (χ3v) is 5.50. The third-order valence-electron chi connectivity index (χ3n) is 5.50. The van der Waals surface area contributed by atoms with Crippen LogP contribution in [0.5, 0.6) is 0 Å². The molecule has 0 radical (unpaired) electrons. The number of anilines is 1. The highest BCUT2D eigenvalue weighted by Crippen LogP contribution is 2.19. The van der Waals surface area contributed by atoms with Crippen LogP contribution in [0.15, 0.2) is 43.0 Å². The largest absolute Gasteiger partial charge is 0.350 e. The van der Waals surface area contributed by atoms with Crippen LogP contribution in [0.25, 0.3) is 16.7 Å². The lowest BCUT2D eigenvalue weighted by Gasteiger charge is -2.35. The van der Waals surface area contributed by atoms with Crippen molar-refractivity contribution >= 4 is 28.4 Å². The Bertz CT molecular complexity index is 1170. The molecule has 9 heteroatoms. The molecule has 3 aromatic heterocycles. The molecule has 1 aliphatic rings. The molecule has 0 aliphatic carbocycles. The van der Waals surface area contributed by atoms with Gasteiger partial charge in [0.1, 0.15) is 5.82 Å². The molecule has 9 nitrogen and oxygen atoms in total. The topological polar surface area (TPSA) is 84.5 Å². The van der Waals surface area contributed by atoms with Crippen molar-refractivity contribution in [3.05, 3.63) is 48.8 Å². The van der Waals surface area contributed by atoms with Gasteiger partial charge in [-0.3, -0.25) is 9.20 Å². The maximum absolute atomic E-state index is 12.7. The molecule has 5 rings (SSSR count). The van der Waals surface area contributed by atoms with Crippen LogP contribution in [-0.4, -0.2) is 66.1 Å². The summed E-state index contributed by atoms with van der Waals surface area (Å²) in [6.07, 6.45) is 5.92. The smallest absolute Gasteiger partial charge is 0.224 e. The fraction of sp³-hybridized carbons (Fsp3) is 0.350. The lowest BCUT2D eigenvalue weighted by atomic mass is 10.2. The summed E-state index contributed by atoms with van der Waals surface area (Å²) in [5, 5.41) is 8.39. The lowest BCUT2D eigenvalue weighted by molar-refractivity contribution is -0.131. The lowest BCUT2D eigenvalue weighted by Crippen LogP contribution is -2.49. The van der Waals surface area contributed by atoms with Gasteiger partial charge in [-0.15, -0.1) is 10.2 Å². The van der Waals surface area contributed by atoms with Crippen LogP contribution in [0.4, 0.5) is 5.82 Å². The molecule has 1 aliphatic heterocycles. The second-order valence-electron chi connectivity index (χ2n) is 7.24. The van der Waals surface area contributed by atoms with Crippen LogP contribution in [0.3, 0.4) is 0 Å². The van der Waals surface area contributed by atoms with Crippen LogP contribution in [0.1, 0.15) is 12.2 Å². The predicted molar refractivity (Wildman–Crippen MR) is 109 cm³/mol. The Hall–Kier alpha value is -3.49. The molecule has 0 spiro atoms. The van der Waals surface area contributed by atoms with E-state index in [1.165, 1.54) is 0 Å². The monoisotopic (exact) mass is 390 g/mol. The Balaban J connectivity index is 1.21. The highest BCUT2D eigenvalue weighted by Gasteiger charge is 2.24. The summed E-state index contributed by atoms with van der Waals surface area (Å²) >= 11 is 0. The van der Waals surface area contributed by atoms with E-state index in [-0.39, 0.29) is 5.91 Å². The molecule has 1 fully saturated rings. The first-order valence-corrected chi connectivity index (χ1v) is 9.79. The zero-order valence-corrected chi connectivity index (χ0v) is 16.3. The molecule has 148 valence electrons. The minimum absolute atomic E-state index is 0.173. The van der Waals surface area contributed by atoms with Crippen LogP contribution >= 0.6 is 0 Å². The summed E-state index contributed by atoms with van der Waals surface area (Å²) in [6, 6.07) is 7.98. The quantitative estimate of drug-likeness (QED) is 0.525. The summed E-state index contributed by atoms with van der Waals surface area (Å²) in [7, 11) is 0. The van der Waals surface area contributed by atoms with Crippen LogP contribution in [0, 0.1) is 6.92 Å². The zero-order valence-electron chi connectivity index (χ0n) is 16.3. The van der Waals surface area contributed by atoms with Crippen LogP contribution in [-0.2, 0) is 11.3 Å². The Morgan fingerprint density at radius 3 is 2.76 bits per heavy atom. The van der Waals surface area contributed by atoms with E-state index in [0.717, 1.165) is 41.4 Å². The summed E-state index contributed by atoms with van der Waals surface area (Å²) in [6.45, 7) is 5.39. The van der Waals surface area contributed by atoms with E-state index in [1.54, 1.807) is 6.20 Å². The van der Waals surface area contributed by atoms with Crippen LogP contribution < -0.4 is 4.90 Å². The molecule has 4 heterocycles. The van der Waals surface area contributed by atoms with Gasteiger partial charge in [-0.05, 0) is 19.1 Å². The number of nitrogens with zero attached hydrogens (tertiary/aromatic N) is 8. The fourth-order valence-corrected chi connectivity index (χ4v) is 3.88. The predicted octanol–water partition coefficient (Wildman–Crippen LogP) is 1.52. The molecule has 0 bridgehead atoms. The van der Waals surface area contributed by atoms with Crippen molar-refractivity contribution in [3.63, 3.8) is 0 Å². The number of aromatic nitrogens is 6. The van der Waals surface area contributed by atoms with Gasteiger partial charge in [-0.25, -0.2) is 9.97 Å². The molecule has 1 saturated heterocycles. The van der Waals surface area contributed by atoms with Crippen molar-refractivity contribution in [1.29, 1.82) is 0 Å². The summed E-state index contributed by atoms with van der Waals surface area (Å²) in [5.74, 6) is 1.83. The van der Waals surface area contributed by atoms with Crippen LogP contribution in [0.2, 0.25) is 0 Å². The van der Waals surface area contributed by atoms with E-state index in [1.807, 2.05) is 57.6 Å². The average Bonchev–Trinajstić information content (AvgIpc) is 3.36. The van der Waals surface area contributed by atoms with Crippen molar-refractivity contribution in [1.82, 2.24) is 34.0 Å². The van der Waals surface area contributed by atoms with Gasteiger partial charge in [0.25, 0.3) is 0 Å². The van der Waals surface area contributed by atoms with Gasteiger partial charge in [0.05, 0.1) is 17.4 Å². The molecule has 0 N–H and O–H groups in total. The Kier molecular flexibility index (Phi) is 4.34. The summed E-state index contributed by atoms with van der Waals surface area (Å²) < 4.78 is 3.98. The maximum atomic E-state index is 12.7. The second kappa shape index (κ2) is 7.16. The van der Waals surface area contributed by atoms with Crippen molar-refractivity contribution in [3.8, 4) is 0 Å². The minimum atomic E-state index is 0.173. The first kappa shape index (κ1) is 17.6. The van der Waals surface area contributed by atoms with E-state index < -0.39 is 0 Å². The summed E-state index contributed by atoms with van der Waals surface area (Å²) in [5.41, 5.74) is 2.78. The highest BCUT2D eigenvalue weighted by atomic mass is 16.2. The Labute approximate surface area is 167 Å². The molecule has 1 amide bonds. The second-order valence-corrected chi connectivity index (χ2v) is 7.24. The number of imidazole rings is 1. The number of benzene rings is 1. The van der Waals surface area contributed by atoms with Gasteiger partial charge in [0.15, 0.2) is 5.82 Å². The average molecular weight is 390 g/mol. The maximum Gasteiger partial charge on any atom is 0.224 e. The van der Waals surface area contributed by atoms with Crippen molar-refractivity contribution in [2.75, 3.05) is 31.1 Å². The van der Waals surface area contributed by atoms with E-state index in [9.17, 15) is 4.79 Å². The van der Waals surface area contributed by atoms with Gasteiger partial charge < -0.3 is 14.4 Å². The van der Waals surface area contributed by atoms with Crippen molar-refractivity contribution in [2.24, 2.45) is 0 Å². The van der Waals surface area contributed by atoms with Crippen molar-refractivity contribution in [2.45, 2.75) is 19.9 Å². The Morgan fingerprint density at radius 2 is 1.90 bits per heavy atom. The summed E-state index contributed by atoms with van der Waals surface area (Å²) in [4.78, 5) is 25.7. The number of fused-ring (bicyclic) bond motifs is 2. The highest BCUT2D eigenvalue weighted by molar-refractivity contribution is 5.78. The molecular weight excluding hydrogens is 368 g/mol. The number of hydrogen-bond donors (Lipinski definition) is 0. The van der Waals surface area contributed by atoms with Crippen molar-refractivity contribution < 1.29 is 4.79 Å². The number of rotatable bonds is 4. The van der Waals surface area contributed by atoms with E-state index in [2.05, 4.69) is 25.1 Å². The zero-order chi connectivity index (χ0) is 19.8. The molecule has 1 aromatic carbocycles. The first-order chi connectivity index (χ1) is 14.2. The SMILES string of the molecule is Cc1nnc2c(N3CCN(C(=O)CCn4cnc5ccccc54)CC3)nccn12.